The molecule has 1 N–H and O–H groups in total. The Morgan fingerprint density at radius 1 is 1.13 bits per heavy atom. The molecule has 15 heavy (non-hydrogen) atoms. The number of thiophene rings is 1. The molecular weight excluding hydrogens is 204 g/mol. The van der Waals surface area contributed by atoms with Crippen molar-refractivity contribution >= 4 is 11.3 Å². The Morgan fingerprint density at radius 3 is 2.60 bits per heavy atom. The van der Waals surface area contributed by atoms with Crippen molar-refractivity contribution < 1.29 is 0 Å². The van der Waals surface area contributed by atoms with E-state index in [0.29, 0.717) is 0 Å². The molecule has 0 aliphatic carbocycles. The van der Waals surface area contributed by atoms with E-state index in [0.717, 1.165) is 13.1 Å². The number of aromatic nitrogens is 1. The molecule has 0 unspecified atom stereocenters. The standard InChI is InChI=1S/C12H14N2S/c1-10-2-3-12(15-10)9-14-8-11-4-6-13-7-5-11/h2-7,14H,8-9H2,1H3. The maximum absolute atomic E-state index is 3.99. The van der Waals surface area contributed by atoms with Gasteiger partial charge in [-0.2, -0.15) is 0 Å². The smallest absolute Gasteiger partial charge is 0.0303 e. The minimum atomic E-state index is 0.902. The number of nitrogens with one attached hydrogen (secondary N) is 1. The maximum Gasteiger partial charge on any atom is 0.0303 e. The Morgan fingerprint density at radius 2 is 1.93 bits per heavy atom. The van der Waals surface area contributed by atoms with Crippen LogP contribution in [0.25, 0.3) is 0 Å². The lowest BCUT2D eigenvalue weighted by Crippen LogP contribution is -2.11. The van der Waals surface area contributed by atoms with Crippen LogP contribution in [-0.4, -0.2) is 4.98 Å². The molecular formula is C12H14N2S. The van der Waals surface area contributed by atoms with Crippen molar-refractivity contribution in [2.45, 2.75) is 20.0 Å². The highest BCUT2D eigenvalue weighted by atomic mass is 32.1. The first-order chi connectivity index (χ1) is 7.34. The molecule has 0 amide bonds. The molecule has 0 radical (unpaired) electrons. The molecule has 0 bridgehead atoms. The molecule has 0 aliphatic heterocycles. The highest BCUT2D eigenvalue weighted by Crippen LogP contribution is 2.14. The summed E-state index contributed by atoms with van der Waals surface area (Å²) in [5.41, 5.74) is 1.28. The summed E-state index contributed by atoms with van der Waals surface area (Å²) in [6.45, 7) is 3.98. The summed E-state index contributed by atoms with van der Waals surface area (Å²) in [5, 5.41) is 3.41. The van der Waals surface area contributed by atoms with Gasteiger partial charge in [-0.05, 0) is 36.8 Å². The van der Waals surface area contributed by atoms with Crippen LogP contribution in [0.3, 0.4) is 0 Å². The lowest BCUT2D eigenvalue weighted by molar-refractivity contribution is 0.700. The van der Waals surface area contributed by atoms with E-state index in [-0.39, 0.29) is 0 Å². The summed E-state index contributed by atoms with van der Waals surface area (Å²) in [6.07, 6.45) is 3.65. The average Bonchev–Trinajstić information content (AvgIpc) is 2.66. The fourth-order valence-corrected chi connectivity index (χ4v) is 2.27. The Kier molecular flexibility index (Phi) is 3.48. The lowest BCUT2D eigenvalue weighted by atomic mass is 10.3. The fraction of sp³-hybridized carbons (Fsp3) is 0.250. The van der Waals surface area contributed by atoms with Crippen molar-refractivity contribution in [3.8, 4) is 0 Å². The number of hydrogen-bond acceptors (Lipinski definition) is 3. The minimum absolute atomic E-state index is 0.902. The van der Waals surface area contributed by atoms with Crippen molar-refractivity contribution in [1.29, 1.82) is 0 Å². The minimum Gasteiger partial charge on any atom is -0.308 e. The van der Waals surface area contributed by atoms with Crippen LogP contribution >= 0.6 is 11.3 Å². The summed E-state index contributed by atoms with van der Waals surface area (Å²) < 4.78 is 0. The van der Waals surface area contributed by atoms with Gasteiger partial charge in [0.05, 0.1) is 0 Å². The molecule has 78 valence electrons. The van der Waals surface area contributed by atoms with E-state index in [1.807, 2.05) is 35.9 Å². The monoisotopic (exact) mass is 218 g/mol. The molecule has 0 atom stereocenters. The van der Waals surface area contributed by atoms with E-state index >= 15 is 0 Å². The molecule has 2 rings (SSSR count). The average molecular weight is 218 g/mol. The Hall–Kier alpha value is -1.19. The number of nitrogens with zero attached hydrogens (tertiary/aromatic N) is 1. The molecule has 0 saturated carbocycles. The predicted molar refractivity (Wildman–Crippen MR) is 63.8 cm³/mol. The molecule has 0 aliphatic rings. The van der Waals surface area contributed by atoms with Crippen LogP contribution in [0.15, 0.2) is 36.7 Å². The second kappa shape index (κ2) is 5.05. The zero-order valence-electron chi connectivity index (χ0n) is 8.73. The maximum atomic E-state index is 3.99. The van der Waals surface area contributed by atoms with Crippen molar-refractivity contribution in [3.63, 3.8) is 0 Å². The Bertz CT molecular complexity index is 409. The van der Waals surface area contributed by atoms with Gasteiger partial charge in [0.1, 0.15) is 0 Å². The van der Waals surface area contributed by atoms with Gasteiger partial charge in [-0.3, -0.25) is 4.98 Å². The predicted octanol–water partition coefficient (Wildman–Crippen LogP) is 2.74. The molecule has 2 heterocycles. The van der Waals surface area contributed by atoms with Gasteiger partial charge in [0.25, 0.3) is 0 Å². The number of hydrogen-bond donors (Lipinski definition) is 1. The normalized spacial score (nSPS) is 10.5. The van der Waals surface area contributed by atoms with Crippen LogP contribution in [0.2, 0.25) is 0 Å². The summed E-state index contributed by atoms with van der Waals surface area (Å²) in [4.78, 5) is 6.75. The first kappa shape index (κ1) is 10.3. The molecule has 2 aromatic rings. The van der Waals surface area contributed by atoms with E-state index in [2.05, 4.69) is 29.4 Å². The second-order valence-electron chi connectivity index (χ2n) is 3.47. The number of aryl methyl sites for hydroxylation is 1. The van der Waals surface area contributed by atoms with Crippen LogP contribution in [-0.2, 0) is 13.1 Å². The van der Waals surface area contributed by atoms with Crippen LogP contribution in [0.5, 0.6) is 0 Å². The van der Waals surface area contributed by atoms with E-state index in [4.69, 9.17) is 0 Å². The third-order valence-electron chi connectivity index (χ3n) is 2.17. The summed E-state index contributed by atoms with van der Waals surface area (Å²) in [7, 11) is 0. The lowest BCUT2D eigenvalue weighted by Gasteiger charge is -2.02. The van der Waals surface area contributed by atoms with E-state index in [1.165, 1.54) is 15.3 Å². The topological polar surface area (TPSA) is 24.9 Å². The van der Waals surface area contributed by atoms with Crippen molar-refractivity contribution in [2.75, 3.05) is 0 Å². The molecule has 3 heteroatoms. The van der Waals surface area contributed by atoms with Gasteiger partial charge in [-0.1, -0.05) is 0 Å². The van der Waals surface area contributed by atoms with E-state index in [1.54, 1.807) is 0 Å². The first-order valence-corrected chi connectivity index (χ1v) is 5.81. The van der Waals surface area contributed by atoms with Crippen LogP contribution < -0.4 is 5.32 Å². The fourth-order valence-electron chi connectivity index (χ4n) is 1.41. The number of pyridine rings is 1. The largest absolute Gasteiger partial charge is 0.308 e. The van der Waals surface area contributed by atoms with Gasteiger partial charge in [-0.15, -0.1) is 11.3 Å². The zero-order valence-corrected chi connectivity index (χ0v) is 9.55. The van der Waals surface area contributed by atoms with Crippen molar-refractivity contribution in [3.05, 3.63) is 52.0 Å². The van der Waals surface area contributed by atoms with Crippen molar-refractivity contribution in [1.82, 2.24) is 10.3 Å². The molecule has 0 aromatic carbocycles. The van der Waals surface area contributed by atoms with E-state index < -0.39 is 0 Å². The highest BCUT2D eigenvalue weighted by molar-refractivity contribution is 7.11. The van der Waals surface area contributed by atoms with Crippen LogP contribution in [0.4, 0.5) is 0 Å². The number of rotatable bonds is 4. The summed E-state index contributed by atoms with van der Waals surface area (Å²) in [6, 6.07) is 8.41. The van der Waals surface area contributed by atoms with Gasteiger partial charge in [0.2, 0.25) is 0 Å². The Balaban J connectivity index is 1.80. The third kappa shape index (κ3) is 3.15. The quantitative estimate of drug-likeness (QED) is 0.853. The molecule has 0 spiro atoms. The van der Waals surface area contributed by atoms with Crippen LogP contribution in [0.1, 0.15) is 15.3 Å². The third-order valence-corrected chi connectivity index (χ3v) is 3.17. The van der Waals surface area contributed by atoms with Gasteiger partial charge < -0.3 is 5.32 Å². The molecule has 0 saturated heterocycles. The van der Waals surface area contributed by atoms with Crippen molar-refractivity contribution in [2.24, 2.45) is 0 Å². The van der Waals surface area contributed by atoms with Gasteiger partial charge >= 0.3 is 0 Å². The zero-order chi connectivity index (χ0) is 10.5. The Labute approximate surface area is 94.0 Å². The molecule has 2 nitrogen and oxygen atoms in total. The molecule has 0 fully saturated rings. The van der Waals surface area contributed by atoms with Gasteiger partial charge in [0, 0.05) is 35.2 Å². The van der Waals surface area contributed by atoms with E-state index in [9.17, 15) is 0 Å². The highest BCUT2D eigenvalue weighted by Gasteiger charge is 1.96. The SMILES string of the molecule is Cc1ccc(CNCc2ccncc2)s1. The second-order valence-corrected chi connectivity index (χ2v) is 4.84. The summed E-state index contributed by atoms with van der Waals surface area (Å²) in [5.74, 6) is 0. The van der Waals surface area contributed by atoms with Gasteiger partial charge in [-0.25, -0.2) is 0 Å². The van der Waals surface area contributed by atoms with Crippen LogP contribution in [0, 0.1) is 6.92 Å². The van der Waals surface area contributed by atoms with Gasteiger partial charge in [0.15, 0.2) is 0 Å². The summed E-state index contributed by atoms with van der Waals surface area (Å²) >= 11 is 1.85. The molecule has 2 aromatic heterocycles. The first-order valence-electron chi connectivity index (χ1n) is 4.99.